The van der Waals surface area contributed by atoms with E-state index in [1.807, 2.05) is 60.7 Å². The van der Waals surface area contributed by atoms with Crippen LogP contribution in [0.5, 0.6) is 0 Å². The summed E-state index contributed by atoms with van der Waals surface area (Å²) in [6.07, 6.45) is -4.73. The molecule has 5 aromatic carbocycles. The van der Waals surface area contributed by atoms with Crippen LogP contribution in [0.3, 0.4) is 0 Å². The van der Waals surface area contributed by atoms with E-state index in [1.54, 1.807) is 24.3 Å². The van der Waals surface area contributed by atoms with Gasteiger partial charge in [-0.25, -0.2) is 18.2 Å². The highest BCUT2D eigenvalue weighted by Gasteiger charge is 2.34. The summed E-state index contributed by atoms with van der Waals surface area (Å²) in [5, 5.41) is 4.30. The molecule has 0 atom stereocenters. The summed E-state index contributed by atoms with van der Waals surface area (Å²) in [5.41, 5.74) is 1.59. The average Bonchev–Trinajstić information content (AvgIpc) is 3.36. The van der Waals surface area contributed by atoms with Crippen LogP contribution in [-0.4, -0.2) is 15.5 Å². The van der Waals surface area contributed by atoms with E-state index in [-0.39, 0.29) is 16.6 Å². The molecule has 0 unspecified atom stereocenters. The molecule has 43 heavy (non-hydrogen) atoms. The second-order valence-electron chi connectivity index (χ2n) is 9.80. The number of alkyl halides is 3. The molecular weight excluding hydrogens is 564 g/mol. The molecule has 0 aliphatic carbocycles. The van der Waals surface area contributed by atoms with Crippen LogP contribution in [-0.2, 0) is 12.7 Å². The molecule has 1 aromatic heterocycles. The third kappa shape index (κ3) is 5.66. The lowest BCUT2D eigenvalue weighted by molar-refractivity contribution is -0.136. The SMILES string of the molecule is Fc1cc(F)c(Cn2nc3c(C(F)(F)F)cccc3c2-c2cccc(N=C(c3ccccc3)c3ccccc3)c2)c(F)c1. The summed E-state index contributed by atoms with van der Waals surface area (Å²) in [6, 6.07) is 30.5. The number of halogens is 6. The summed E-state index contributed by atoms with van der Waals surface area (Å²) in [5.74, 6) is -3.46. The minimum Gasteiger partial charge on any atom is -0.259 e. The quantitative estimate of drug-likeness (QED) is 0.142. The molecular formula is C34H21F6N3. The Bertz CT molecular complexity index is 1900. The summed E-state index contributed by atoms with van der Waals surface area (Å²) in [7, 11) is 0. The largest absolute Gasteiger partial charge is 0.418 e. The standard InChI is InChI=1S/C34H21F6N3/c35-24-18-29(36)27(30(37)19-24)20-43-33(26-15-8-16-28(32(26)42-43)34(38,39)40)23-13-7-14-25(17-23)41-31(21-9-3-1-4-10-21)22-11-5-2-6-12-22/h1-19H,20H2. The first-order valence-corrected chi connectivity index (χ1v) is 13.2. The van der Waals surface area contributed by atoms with Gasteiger partial charge in [-0.1, -0.05) is 84.9 Å². The van der Waals surface area contributed by atoms with Gasteiger partial charge in [0.1, 0.15) is 23.0 Å². The number of nitrogens with zero attached hydrogens (tertiary/aromatic N) is 3. The van der Waals surface area contributed by atoms with Crippen LogP contribution >= 0.6 is 0 Å². The highest BCUT2D eigenvalue weighted by Crippen LogP contribution is 2.39. The summed E-state index contributed by atoms with van der Waals surface area (Å²) >= 11 is 0. The Hall–Kier alpha value is -5.18. The van der Waals surface area contributed by atoms with E-state index in [1.165, 1.54) is 12.1 Å². The van der Waals surface area contributed by atoms with E-state index >= 15 is 0 Å². The average molecular weight is 586 g/mol. The normalized spacial score (nSPS) is 11.6. The minimum atomic E-state index is -4.73. The maximum Gasteiger partial charge on any atom is 0.418 e. The van der Waals surface area contributed by atoms with Gasteiger partial charge in [0.2, 0.25) is 0 Å². The highest BCUT2D eigenvalue weighted by atomic mass is 19.4. The molecule has 0 aliphatic heterocycles. The van der Waals surface area contributed by atoms with E-state index in [9.17, 15) is 26.3 Å². The molecule has 214 valence electrons. The van der Waals surface area contributed by atoms with Crippen molar-refractivity contribution in [2.24, 2.45) is 4.99 Å². The molecule has 0 saturated heterocycles. The van der Waals surface area contributed by atoms with Gasteiger partial charge in [0.05, 0.1) is 29.2 Å². The van der Waals surface area contributed by atoms with Crippen molar-refractivity contribution >= 4 is 22.3 Å². The lowest BCUT2D eigenvalue weighted by Crippen LogP contribution is -2.09. The molecule has 9 heteroatoms. The van der Waals surface area contributed by atoms with Crippen LogP contribution in [0.25, 0.3) is 22.2 Å². The summed E-state index contributed by atoms with van der Waals surface area (Å²) in [6.45, 7) is -0.577. The van der Waals surface area contributed by atoms with Crippen molar-refractivity contribution in [1.82, 2.24) is 9.78 Å². The Kier molecular flexibility index (Phi) is 7.31. The monoisotopic (exact) mass is 585 g/mol. The van der Waals surface area contributed by atoms with Gasteiger partial charge >= 0.3 is 6.18 Å². The van der Waals surface area contributed by atoms with Crippen molar-refractivity contribution in [2.75, 3.05) is 0 Å². The van der Waals surface area contributed by atoms with E-state index in [0.717, 1.165) is 21.9 Å². The van der Waals surface area contributed by atoms with Crippen molar-refractivity contribution in [3.8, 4) is 11.3 Å². The van der Waals surface area contributed by atoms with Crippen LogP contribution in [0, 0.1) is 17.5 Å². The van der Waals surface area contributed by atoms with Crippen LogP contribution in [0.4, 0.5) is 32.0 Å². The fourth-order valence-corrected chi connectivity index (χ4v) is 5.01. The summed E-state index contributed by atoms with van der Waals surface area (Å²) in [4.78, 5) is 4.90. The molecule has 0 radical (unpaired) electrons. The van der Waals surface area contributed by atoms with E-state index in [4.69, 9.17) is 4.99 Å². The zero-order valence-corrected chi connectivity index (χ0v) is 22.3. The Labute approximate surface area is 242 Å². The maximum absolute atomic E-state index is 14.7. The van der Waals surface area contributed by atoms with Gasteiger partial charge < -0.3 is 0 Å². The minimum absolute atomic E-state index is 0.130. The van der Waals surface area contributed by atoms with E-state index in [2.05, 4.69) is 5.10 Å². The lowest BCUT2D eigenvalue weighted by atomic mass is 10.0. The van der Waals surface area contributed by atoms with E-state index < -0.39 is 41.3 Å². The third-order valence-corrected chi connectivity index (χ3v) is 6.94. The molecule has 1 heterocycles. The third-order valence-electron chi connectivity index (χ3n) is 6.94. The number of benzene rings is 5. The van der Waals surface area contributed by atoms with Crippen LogP contribution < -0.4 is 0 Å². The maximum atomic E-state index is 14.7. The molecule has 6 rings (SSSR count). The highest BCUT2D eigenvalue weighted by molar-refractivity contribution is 6.14. The zero-order valence-electron chi connectivity index (χ0n) is 22.3. The second-order valence-corrected chi connectivity index (χ2v) is 9.80. The van der Waals surface area contributed by atoms with E-state index in [0.29, 0.717) is 29.1 Å². The predicted molar refractivity (Wildman–Crippen MR) is 154 cm³/mol. The Balaban J connectivity index is 1.55. The molecule has 0 N–H and O–H groups in total. The van der Waals surface area contributed by atoms with Crippen molar-refractivity contribution in [2.45, 2.75) is 12.7 Å². The first kappa shape index (κ1) is 28.0. The fourth-order valence-electron chi connectivity index (χ4n) is 5.01. The first-order chi connectivity index (χ1) is 20.7. The number of fused-ring (bicyclic) bond motifs is 1. The van der Waals surface area contributed by atoms with Crippen LogP contribution in [0.1, 0.15) is 22.3 Å². The topological polar surface area (TPSA) is 30.2 Å². The van der Waals surface area contributed by atoms with Crippen LogP contribution in [0.2, 0.25) is 0 Å². The van der Waals surface area contributed by atoms with Crippen molar-refractivity contribution in [1.29, 1.82) is 0 Å². The summed E-state index contributed by atoms with van der Waals surface area (Å²) < 4.78 is 85.9. The predicted octanol–water partition coefficient (Wildman–Crippen LogP) is 9.36. The molecule has 0 spiro atoms. The molecule has 0 fully saturated rings. The first-order valence-electron chi connectivity index (χ1n) is 13.2. The van der Waals surface area contributed by atoms with Crippen LogP contribution in [0.15, 0.2) is 120 Å². The molecule has 0 amide bonds. The lowest BCUT2D eigenvalue weighted by Gasteiger charge is -2.12. The zero-order chi connectivity index (χ0) is 30.1. The van der Waals surface area contributed by atoms with Crippen molar-refractivity contribution in [3.05, 3.63) is 155 Å². The van der Waals surface area contributed by atoms with Gasteiger partial charge in [-0.05, 0) is 18.2 Å². The van der Waals surface area contributed by atoms with Gasteiger partial charge in [0.25, 0.3) is 0 Å². The van der Waals surface area contributed by atoms with Gasteiger partial charge in [-0.15, -0.1) is 0 Å². The smallest absolute Gasteiger partial charge is 0.259 e. The van der Waals surface area contributed by atoms with Crippen molar-refractivity contribution < 1.29 is 26.3 Å². The number of hydrogen-bond acceptors (Lipinski definition) is 2. The Morgan fingerprint density at radius 3 is 1.91 bits per heavy atom. The fraction of sp³-hybridized carbons (Fsp3) is 0.0588. The Morgan fingerprint density at radius 2 is 1.30 bits per heavy atom. The molecule has 0 bridgehead atoms. The van der Waals surface area contributed by atoms with Gasteiger partial charge in [0.15, 0.2) is 0 Å². The van der Waals surface area contributed by atoms with Crippen molar-refractivity contribution in [3.63, 3.8) is 0 Å². The number of rotatable bonds is 6. The number of aliphatic imine (C=N–C) groups is 1. The van der Waals surface area contributed by atoms with Gasteiger partial charge in [0, 0.05) is 39.8 Å². The second kappa shape index (κ2) is 11.2. The molecule has 0 aliphatic rings. The van der Waals surface area contributed by atoms with Gasteiger partial charge in [-0.2, -0.15) is 18.3 Å². The molecule has 3 nitrogen and oxygen atoms in total. The Morgan fingerprint density at radius 1 is 0.698 bits per heavy atom. The molecule has 6 aromatic rings. The van der Waals surface area contributed by atoms with Gasteiger partial charge in [-0.3, -0.25) is 4.68 Å². The number of aromatic nitrogens is 2. The number of hydrogen-bond donors (Lipinski definition) is 0. The molecule has 0 saturated carbocycles.